The Balaban J connectivity index is -0.000000328. The first-order valence-corrected chi connectivity index (χ1v) is 12.9. The maximum absolute atomic E-state index is 10.5. The first kappa shape index (κ1) is 29.8. The van der Waals surface area contributed by atoms with Gasteiger partial charge in [-0.1, -0.05) is 78.1 Å². The molecule has 0 bridgehead atoms. The third-order valence-corrected chi connectivity index (χ3v) is 3.83. The molecule has 2 unspecified atom stereocenters. The summed E-state index contributed by atoms with van der Waals surface area (Å²) in [5.74, 6) is 0. The van der Waals surface area contributed by atoms with Crippen LogP contribution < -0.4 is 0 Å². The molecule has 0 aliphatic rings. The molecule has 0 spiro atoms. The van der Waals surface area contributed by atoms with Gasteiger partial charge in [-0.3, -0.25) is 0 Å². The third kappa shape index (κ3) is 51.6. The fourth-order valence-corrected chi connectivity index (χ4v) is 2.35. The van der Waals surface area contributed by atoms with E-state index in [9.17, 15) is 4.57 Å². The molecule has 0 heterocycles. The van der Waals surface area contributed by atoms with Gasteiger partial charge in [-0.05, 0) is 22.0 Å². The van der Waals surface area contributed by atoms with Crippen molar-refractivity contribution in [3.05, 3.63) is 0 Å². The molecule has 0 saturated heterocycles. The molecule has 0 rings (SSSR count). The maximum Gasteiger partial charge on any atom is 0.504 e. The molecule has 0 amide bonds. The van der Waals surface area contributed by atoms with E-state index in [1.807, 2.05) is 0 Å². The van der Waals surface area contributed by atoms with E-state index in [-0.39, 0.29) is 0 Å². The second-order valence-corrected chi connectivity index (χ2v) is 8.06. The van der Waals surface area contributed by atoms with E-state index in [0.29, 0.717) is 13.2 Å². The normalized spacial score (nSPS) is 11.0. The average molecular weight is 400 g/mol. The summed E-state index contributed by atoms with van der Waals surface area (Å²) in [6, 6.07) is 0. The van der Waals surface area contributed by atoms with Crippen molar-refractivity contribution in [3.63, 3.8) is 0 Å². The van der Waals surface area contributed by atoms with Gasteiger partial charge in [0.15, 0.2) is 13.3 Å². The van der Waals surface area contributed by atoms with Crippen LogP contribution in [0.25, 0.3) is 0 Å². The fourth-order valence-electron chi connectivity index (χ4n) is 1.97. The van der Waals surface area contributed by atoms with E-state index in [2.05, 4.69) is 13.8 Å². The second kappa shape index (κ2) is 28.9. The van der Waals surface area contributed by atoms with Crippen molar-refractivity contribution in [2.24, 2.45) is 0 Å². The van der Waals surface area contributed by atoms with Crippen LogP contribution in [0.3, 0.4) is 0 Å². The molecule has 0 aliphatic heterocycles. The highest BCUT2D eigenvalue weighted by Gasteiger charge is 2.04. The molecule has 25 heavy (non-hydrogen) atoms. The molecule has 0 aliphatic carbocycles. The largest absolute Gasteiger partial charge is 0.504 e. The molecule has 2 atom stereocenters. The summed E-state index contributed by atoms with van der Waals surface area (Å²) in [6.07, 6.45) is 15.0. The summed E-state index contributed by atoms with van der Waals surface area (Å²) in [7, 11) is -3.25. The predicted octanol–water partition coefficient (Wildman–Crippen LogP) is 6.43. The standard InChI is InChI=1S/C9H20O2P.C8H18O.CH3O2P/c1-3-4-5-6-7-8-9-11-12(2)10;1-2-3-4-5-6-7-8-9;1-4(2)3/h3-9H2,1-2H3;9H,2-8H2,1H3;1H3/q+1;;/p+1. The second-order valence-electron chi connectivity index (χ2n) is 6.00. The average Bonchev–Trinajstić information content (AvgIpc) is 2.54. The van der Waals surface area contributed by atoms with Crippen molar-refractivity contribution in [2.75, 3.05) is 26.5 Å². The highest BCUT2D eigenvalue weighted by atomic mass is 31.1. The number of unbranched alkanes of at least 4 members (excludes halogenated alkanes) is 10. The van der Waals surface area contributed by atoms with Gasteiger partial charge in [-0.2, -0.15) is 4.89 Å². The Hall–Kier alpha value is 0.0800. The monoisotopic (exact) mass is 400 g/mol. The van der Waals surface area contributed by atoms with Gasteiger partial charge in [0.25, 0.3) is 0 Å². The zero-order chi connectivity index (χ0) is 19.8. The molecule has 0 aromatic rings. The minimum absolute atomic E-state index is 0.367. The molecule has 0 saturated carbocycles. The lowest BCUT2D eigenvalue weighted by molar-refractivity contribution is 0.282. The Morgan fingerprint density at radius 1 is 0.720 bits per heavy atom. The van der Waals surface area contributed by atoms with Crippen LogP contribution in [0.15, 0.2) is 0 Å². The molecular weight excluding hydrogens is 358 g/mol. The quantitative estimate of drug-likeness (QED) is 0.259. The van der Waals surface area contributed by atoms with Crippen LogP contribution in [0.4, 0.5) is 0 Å². The number of hydrogen-bond acceptors (Lipinski definition) is 4. The zero-order valence-corrected chi connectivity index (χ0v) is 18.7. The summed E-state index contributed by atoms with van der Waals surface area (Å²) in [5, 5.41) is 8.42. The van der Waals surface area contributed by atoms with Crippen molar-refractivity contribution in [3.8, 4) is 0 Å². The molecular formula is C18H42O5P2+2. The summed E-state index contributed by atoms with van der Waals surface area (Å²) < 4.78 is 24.6. The highest BCUT2D eigenvalue weighted by molar-refractivity contribution is 7.38. The fraction of sp³-hybridized carbons (Fsp3) is 1.00. The Labute approximate surface area is 157 Å². The number of aliphatic hydroxyl groups excluding tert-OH is 1. The van der Waals surface area contributed by atoms with Gasteiger partial charge >= 0.3 is 16.1 Å². The van der Waals surface area contributed by atoms with Crippen molar-refractivity contribution < 1.29 is 23.7 Å². The van der Waals surface area contributed by atoms with Gasteiger partial charge in [0.05, 0.1) is 0 Å². The molecule has 7 heteroatoms. The van der Waals surface area contributed by atoms with E-state index in [4.69, 9.17) is 19.1 Å². The van der Waals surface area contributed by atoms with Gasteiger partial charge in [0.1, 0.15) is 6.61 Å². The van der Waals surface area contributed by atoms with Gasteiger partial charge in [-0.15, -0.1) is 4.52 Å². The summed E-state index contributed by atoms with van der Waals surface area (Å²) >= 11 is 0. The number of aliphatic hydroxyl groups is 1. The SMILES string of the molecule is CCCCCCCCO.CCCCCCCCO[P+](C)=O.C[P+](=O)O. The van der Waals surface area contributed by atoms with Crippen LogP contribution in [0, 0.1) is 0 Å². The Morgan fingerprint density at radius 3 is 1.44 bits per heavy atom. The topological polar surface area (TPSA) is 83.8 Å². The molecule has 0 aromatic heterocycles. The lowest BCUT2D eigenvalue weighted by Crippen LogP contribution is -1.86. The van der Waals surface area contributed by atoms with Crippen molar-refractivity contribution in [2.45, 2.75) is 90.9 Å². The molecule has 0 fully saturated rings. The van der Waals surface area contributed by atoms with E-state index >= 15 is 0 Å². The highest BCUT2D eigenvalue weighted by Crippen LogP contribution is 2.16. The van der Waals surface area contributed by atoms with Gasteiger partial charge in [0.2, 0.25) is 0 Å². The number of hydrogen-bond donors (Lipinski definition) is 2. The smallest absolute Gasteiger partial charge is 0.396 e. The van der Waals surface area contributed by atoms with Crippen molar-refractivity contribution >= 4 is 16.1 Å². The van der Waals surface area contributed by atoms with Crippen LogP contribution in [0.5, 0.6) is 0 Å². The van der Waals surface area contributed by atoms with Gasteiger partial charge in [0, 0.05) is 6.61 Å². The summed E-state index contributed by atoms with van der Waals surface area (Å²) in [5.41, 5.74) is 0. The third-order valence-electron chi connectivity index (χ3n) is 3.28. The molecule has 5 nitrogen and oxygen atoms in total. The van der Waals surface area contributed by atoms with Crippen LogP contribution >= 0.6 is 16.1 Å². The number of rotatable bonds is 14. The minimum atomic E-state index is -1.87. The van der Waals surface area contributed by atoms with Gasteiger partial charge in [-0.25, -0.2) is 0 Å². The maximum atomic E-state index is 10.5. The summed E-state index contributed by atoms with van der Waals surface area (Å²) in [4.78, 5) is 7.56. The molecule has 152 valence electrons. The van der Waals surface area contributed by atoms with E-state index in [1.54, 1.807) is 6.66 Å². The first-order chi connectivity index (χ1) is 11.9. The van der Waals surface area contributed by atoms with Crippen molar-refractivity contribution in [1.29, 1.82) is 0 Å². The predicted molar refractivity (Wildman–Crippen MR) is 109 cm³/mol. The molecule has 0 aromatic carbocycles. The van der Waals surface area contributed by atoms with E-state index < -0.39 is 16.1 Å². The van der Waals surface area contributed by atoms with Crippen LogP contribution in [0.2, 0.25) is 0 Å². The molecule has 0 radical (unpaired) electrons. The van der Waals surface area contributed by atoms with E-state index in [1.165, 1.54) is 70.9 Å². The Bertz CT molecular complexity index is 266. The Kier molecular flexibility index (Phi) is 34.4. The lowest BCUT2D eigenvalue weighted by atomic mass is 10.1. The first-order valence-electron chi connectivity index (χ1n) is 9.66. The minimum Gasteiger partial charge on any atom is -0.396 e. The summed E-state index contributed by atoms with van der Waals surface area (Å²) in [6.45, 7) is 8.29. The lowest BCUT2D eigenvalue weighted by Gasteiger charge is -1.96. The van der Waals surface area contributed by atoms with E-state index in [0.717, 1.165) is 12.8 Å². The van der Waals surface area contributed by atoms with Crippen LogP contribution in [0.1, 0.15) is 90.9 Å². The molecule has 2 N–H and O–H groups in total. The van der Waals surface area contributed by atoms with Gasteiger partial charge < -0.3 is 5.11 Å². The van der Waals surface area contributed by atoms with Crippen LogP contribution in [-0.4, -0.2) is 36.5 Å². The zero-order valence-electron chi connectivity index (χ0n) is 16.9. The van der Waals surface area contributed by atoms with Crippen molar-refractivity contribution in [1.82, 2.24) is 0 Å². The Morgan fingerprint density at radius 2 is 1.08 bits per heavy atom. The van der Waals surface area contributed by atoms with Crippen LogP contribution in [-0.2, 0) is 13.7 Å².